The fourth-order valence-electron chi connectivity index (χ4n) is 3.12. The third-order valence-electron chi connectivity index (χ3n) is 4.72. The van der Waals surface area contributed by atoms with Crippen LogP contribution in [-0.2, 0) is 22.3 Å². The molecule has 0 bridgehead atoms. The number of benzene rings is 2. The minimum Gasteiger partial charge on any atom is -0.610 e. The van der Waals surface area contributed by atoms with E-state index in [9.17, 15) is 14.1 Å². The van der Waals surface area contributed by atoms with E-state index < -0.39 is 22.4 Å². The van der Waals surface area contributed by atoms with Crippen molar-refractivity contribution in [1.29, 1.82) is 0 Å². The molecule has 4 nitrogen and oxygen atoms in total. The lowest BCUT2D eigenvalue weighted by molar-refractivity contribution is 0.101. The summed E-state index contributed by atoms with van der Waals surface area (Å²) in [5.41, 5.74) is 1.87. The van der Waals surface area contributed by atoms with E-state index in [0.717, 1.165) is 5.56 Å². The first-order valence-electron chi connectivity index (χ1n) is 9.03. The summed E-state index contributed by atoms with van der Waals surface area (Å²) in [6.45, 7) is 7.67. The molecule has 0 aliphatic rings. The smallest absolute Gasteiger partial charge is 0.238 e. The molecule has 0 amide bonds. The number of pyridine rings is 1. The molecular weight excluding hydrogens is 474 g/mol. The van der Waals surface area contributed by atoms with Crippen molar-refractivity contribution in [3.05, 3.63) is 72.8 Å². The fourth-order valence-corrected chi connectivity index (χ4v) is 5.11. The molecule has 0 aliphatic carbocycles. The van der Waals surface area contributed by atoms with Gasteiger partial charge in [-0.25, -0.2) is 0 Å². The first kappa shape index (κ1) is 22.1. The van der Waals surface area contributed by atoms with Crippen LogP contribution in [0.2, 0.25) is 5.02 Å². The van der Waals surface area contributed by atoms with Crippen LogP contribution in [-0.4, -0.2) is 15.3 Å². The van der Waals surface area contributed by atoms with Crippen molar-refractivity contribution in [2.45, 2.75) is 43.9 Å². The second-order valence-electron chi connectivity index (χ2n) is 7.93. The van der Waals surface area contributed by atoms with E-state index in [4.69, 9.17) is 11.6 Å². The van der Waals surface area contributed by atoms with Crippen LogP contribution in [0.1, 0.15) is 49.2 Å². The molecule has 1 heterocycles. The predicted molar refractivity (Wildman–Crippen MR) is 123 cm³/mol. The van der Waals surface area contributed by atoms with Crippen molar-refractivity contribution in [2.24, 2.45) is 0 Å². The Morgan fingerprint density at radius 1 is 1.17 bits per heavy atom. The number of hydrogen-bond acceptors (Lipinski definition) is 3. The predicted octanol–water partition coefficient (Wildman–Crippen LogP) is 5.75. The quantitative estimate of drug-likeness (QED) is 0.370. The lowest BCUT2D eigenvalue weighted by Crippen LogP contribution is -2.22. The highest BCUT2D eigenvalue weighted by Crippen LogP contribution is 2.30. The molecule has 3 rings (SSSR count). The number of hydrogen-bond donors (Lipinski definition) is 1. The summed E-state index contributed by atoms with van der Waals surface area (Å²) in [4.78, 5) is 28.3. The number of nitrogens with one attached hydrogen (secondary N) is 1. The lowest BCUT2D eigenvalue weighted by Gasteiger charge is -2.19. The SMILES string of the molecule is CC(=O)c1c([S+]([O-])Cc2ccc(C(C)(C)C)cc2)[nH]c2c(Br)ccc(Cl)c2c1=O. The Morgan fingerprint density at radius 2 is 1.79 bits per heavy atom. The maximum absolute atomic E-state index is 13.2. The van der Waals surface area contributed by atoms with Gasteiger partial charge in [0.05, 0.1) is 15.9 Å². The monoisotopic (exact) mass is 493 g/mol. The molecular formula is C22H21BrClNO3S. The number of carbonyl (C=O) groups is 1. The molecule has 0 radical (unpaired) electrons. The van der Waals surface area contributed by atoms with Crippen LogP contribution >= 0.6 is 27.5 Å². The van der Waals surface area contributed by atoms with Crippen molar-refractivity contribution < 1.29 is 9.35 Å². The van der Waals surface area contributed by atoms with E-state index in [2.05, 4.69) is 41.7 Å². The van der Waals surface area contributed by atoms with E-state index in [0.29, 0.717) is 9.99 Å². The summed E-state index contributed by atoms with van der Waals surface area (Å²) >= 11 is 7.97. The molecule has 7 heteroatoms. The Balaban J connectivity index is 2.08. The van der Waals surface area contributed by atoms with Crippen LogP contribution in [0.3, 0.4) is 0 Å². The Hall–Kier alpha value is -1.60. The molecule has 1 aromatic heterocycles. The normalized spacial score (nSPS) is 12.9. The number of carbonyl (C=O) groups excluding carboxylic acids is 1. The zero-order chi connectivity index (χ0) is 21.5. The average Bonchev–Trinajstić information content (AvgIpc) is 2.63. The van der Waals surface area contributed by atoms with Crippen LogP contribution in [0.5, 0.6) is 0 Å². The fraction of sp³-hybridized carbons (Fsp3) is 0.273. The number of fused-ring (bicyclic) bond motifs is 1. The molecule has 0 saturated carbocycles. The number of aromatic amines is 1. The van der Waals surface area contributed by atoms with Gasteiger partial charge in [0, 0.05) is 21.2 Å². The average molecular weight is 495 g/mol. The minimum atomic E-state index is -1.62. The third-order valence-corrected chi connectivity index (χ3v) is 7.05. The standard InChI is InChI=1S/C22H21BrClNO3S/c1-12(26)17-20(27)18-16(24)10-9-15(23)19(18)25-21(17)29(28)11-13-5-7-14(8-6-13)22(2,3)4/h5-10H,11H2,1-4H3,(H,25,27). The molecule has 1 unspecified atom stereocenters. The van der Waals surface area contributed by atoms with Crippen LogP contribution < -0.4 is 5.43 Å². The summed E-state index contributed by atoms with van der Waals surface area (Å²) in [5, 5.41) is 0.571. The van der Waals surface area contributed by atoms with Gasteiger partial charge in [0.25, 0.3) is 0 Å². The van der Waals surface area contributed by atoms with Gasteiger partial charge >= 0.3 is 0 Å². The molecule has 0 aliphatic heterocycles. The van der Waals surface area contributed by atoms with Gasteiger partial charge in [0.15, 0.2) is 5.78 Å². The van der Waals surface area contributed by atoms with Gasteiger partial charge in [-0.05, 0) is 46.0 Å². The number of ketones is 1. The van der Waals surface area contributed by atoms with Gasteiger partial charge in [-0.3, -0.25) is 9.59 Å². The summed E-state index contributed by atoms with van der Waals surface area (Å²) in [6.07, 6.45) is 0. The lowest BCUT2D eigenvalue weighted by atomic mass is 9.87. The van der Waals surface area contributed by atoms with Crippen LogP contribution in [0.25, 0.3) is 10.9 Å². The van der Waals surface area contributed by atoms with E-state index >= 15 is 0 Å². The van der Waals surface area contributed by atoms with E-state index in [1.165, 1.54) is 12.5 Å². The molecule has 1 atom stereocenters. The van der Waals surface area contributed by atoms with Crippen molar-refractivity contribution in [3.8, 4) is 0 Å². The molecule has 0 fully saturated rings. The summed E-state index contributed by atoms with van der Waals surface area (Å²) < 4.78 is 13.8. The van der Waals surface area contributed by atoms with E-state index in [-0.39, 0.29) is 32.2 Å². The second kappa shape index (κ2) is 8.26. The highest BCUT2D eigenvalue weighted by molar-refractivity contribution is 9.10. The summed E-state index contributed by atoms with van der Waals surface area (Å²) in [6, 6.07) is 11.2. The highest BCUT2D eigenvalue weighted by atomic mass is 79.9. The largest absolute Gasteiger partial charge is 0.610 e. The topological polar surface area (TPSA) is 73.0 Å². The van der Waals surface area contributed by atoms with Crippen molar-refractivity contribution in [1.82, 2.24) is 4.98 Å². The zero-order valence-electron chi connectivity index (χ0n) is 16.6. The van der Waals surface area contributed by atoms with Crippen molar-refractivity contribution in [2.75, 3.05) is 0 Å². The molecule has 152 valence electrons. The van der Waals surface area contributed by atoms with Gasteiger partial charge in [-0.1, -0.05) is 56.6 Å². The van der Waals surface area contributed by atoms with Gasteiger partial charge in [-0.2, -0.15) is 0 Å². The van der Waals surface area contributed by atoms with Crippen LogP contribution in [0.15, 0.2) is 50.7 Å². The van der Waals surface area contributed by atoms with Crippen molar-refractivity contribution in [3.63, 3.8) is 0 Å². The van der Waals surface area contributed by atoms with Crippen LogP contribution in [0.4, 0.5) is 0 Å². The van der Waals surface area contributed by atoms with Gasteiger partial charge < -0.3 is 9.54 Å². The molecule has 0 spiro atoms. The molecule has 0 saturated heterocycles. The van der Waals surface area contributed by atoms with E-state index in [1.54, 1.807) is 12.1 Å². The number of Topliss-reactive ketones (excluding diaryl/α,β-unsaturated/α-hetero) is 1. The summed E-state index contributed by atoms with van der Waals surface area (Å²) in [7, 11) is 0. The zero-order valence-corrected chi connectivity index (χ0v) is 19.7. The van der Waals surface area contributed by atoms with Crippen LogP contribution in [0, 0.1) is 0 Å². The number of aromatic nitrogens is 1. The molecule has 3 aromatic rings. The first-order valence-corrected chi connectivity index (χ1v) is 11.5. The Bertz CT molecular complexity index is 1150. The number of H-pyrrole nitrogens is 1. The number of rotatable bonds is 4. The molecule has 2 aromatic carbocycles. The maximum atomic E-state index is 13.2. The van der Waals surface area contributed by atoms with Gasteiger partial charge in [0.2, 0.25) is 10.5 Å². The molecule has 29 heavy (non-hydrogen) atoms. The Kier molecular flexibility index (Phi) is 6.30. The maximum Gasteiger partial charge on any atom is 0.238 e. The van der Waals surface area contributed by atoms with E-state index in [1.807, 2.05) is 24.3 Å². The second-order valence-corrected chi connectivity index (χ2v) is 10.6. The van der Waals surface area contributed by atoms with Gasteiger partial charge in [0.1, 0.15) is 11.3 Å². The highest BCUT2D eigenvalue weighted by Gasteiger charge is 2.27. The molecule has 1 N–H and O–H groups in total. The third kappa shape index (κ3) is 4.45. The minimum absolute atomic E-state index is 0.0224. The number of halogens is 2. The Labute approximate surface area is 186 Å². The van der Waals surface area contributed by atoms with Gasteiger partial charge in [-0.15, -0.1) is 0 Å². The summed E-state index contributed by atoms with van der Waals surface area (Å²) in [5.74, 6) is -0.264. The first-order chi connectivity index (χ1) is 13.5. The van der Waals surface area contributed by atoms with Crippen molar-refractivity contribution >= 4 is 55.4 Å². The Morgan fingerprint density at radius 3 is 2.34 bits per heavy atom.